The molecule has 0 radical (unpaired) electrons. The standard InChI is InChI=1S/C22H23FN2O2/c23-21-7-3-6-16-10-18(11-20(16)21)22(27)24-12-19(26)14-25-9-8-15-4-1-2-5-17(15)13-25/h1-7,11,19,26H,8-10,12-14H2,(H,24,27)/t19-/m0/s1. The van der Waals surface area contributed by atoms with Crippen molar-refractivity contribution < 1.29 is 14.3 Å². The molecule has 0 unspecified atom stereocenters. The fourth-order valence-corrected chi connectivity index (χ4v) is 3.87. The van der Waals surface area contributed by atoms with Crippen LogP contribution in [0.25, 0.3) is 6.08 Å². The summed E-state index contributed by atoms with van der Waals surface area (Å²) < 4.78 is 13.8. The molecule has 2 aromatic carbocycles. The van der Waals surface area contributed by atoms with E-state index in [0.717, 1.165) is 25.1 Å². The topological polar surface area (TPSA) is 52.6 Å². The fraction of sp³-hybridized carbons (Fsp3) is 0.318. The molecule has 1 heterocycles. The van der Waals surface area contributed by atoms with Crippen molar-refractivity contribution in [1.82, 2.24) is 10.2 Å². The van der Waals surface area contributed by atoms with E-state index in [9.17, 15) is 14.3 Å². The van der Waals surface area contributed by atoms with Gasteiger partial charge in [-0.05, 0) is 35.3 Å². The quantitative estimate of drug-likeness (QED) is 0.854. The van der Waals surface area contributed by atoms with E-state index in [-0.39, 0.29) is 18.3 Å². The lowest BCUT2D eigenvalue weighted by Gasteiger charge is -2.30. The van der Waals surface area contributed by atoms with Crippen LogP contribution in [-0.4, -0.2) is 41.7 Å². The molecule has 0 fully saturated rings. The number of aliphatic hydroxyl groups excluding tert-OH is 1. The summed E-state index contributed by atoms with van der Waals surface area (Å²) in [5.41, 5.74) is 4.53. The Bertz CT molecular complexity index is 894. The molecule has 1 atom stereocenters. The molecule has 2 aliphatic rings. The molecule has 5 heteroatoms. The Morgan fingerprint density at radius 3 is 2.74 bits per heavy atom. The first-order chi connectivity index (χ1) is 13.1. The average Bonchev–Trinajstić information content (AvgIpc) is 3.12. The van der Waals surface area contributed by atoms with Gasteiger partial charge in [-0.15, -0.1) is 0 Å². The van der Waals surface area contributed by atoms with Crippen LogP contribution in [0.15, 0.2) is 48.0 Å². The molecule has 0 saturated carbocycles. The van der Waals surface area contributed by atoms with E-state index in [1.54, 1.807) is 12.1 Å². The van der Waals surface area contributed by atoms with Gasteiger partial charge in [0.15, 0.2) is 0 Å². The van der Waals surface area contributed by atoms with Crippen molar-refractivity contribution in [2.45, 2.75) is 25.5 Å². The van der Waals surface area contributed by atoms with Crippen LogP contribution in [0.4, 0.5) is 4.39 Å². The number of nitrogens with one attached hydrogen (secondary N) is 1. The van der Waals surface area contributed by atoms with E-state index in [1.165, 1.54) is 17.2 Å². The molecule has 0 saturated heterocycles. The van der Waals surface area contributed by atoms with Crippen molar-refractivity contribution in [3.63, 3.8) is 0 Å². The van der Waals surface area contributed by atoms with Crippen LogP contribution in [0.3, 0.4) is 0 Å². The highest BCUT2D eigenvalue weighted by Gasteiger charge is 2.22. The summed E-state index contributed by atoms with van der Waals surface area (Å²) in [6.07, 6.45) is 2.37. The largest absolute Gasteiger partial charge is 0.390 e. The number of amides is 1. The third-order valence-corrected chi connectivity index (χ3v) is 5.31. The summed E-state index contributed by atoms with van der Waals surface area (Å²) >= 11 is 0. The Morgan fingerprint density at radius 2 is 1.93 bits per heavy atom. The molecular weight excluding hydrogens is 343 g/mol. The minimum absolute atomic E-state index is 0.188. The number of nitrogens with zero attached hydrogens (tertiary/aromatic N) is 1. The third kappa shape index (κ3) is 3.94. The smallest absolute Gasteiger partial charge is 0.247 e. The zero-order valence-electron chi connectivity index (χ0n) is 15.1. The lowest BCUT2D eigenvalue weighted by molar-refractivity contribution is -0.118. The zero-order valence-corrected chi connectivity index (χ0v) is 15.1. The number of carbonyl (C=O) groups is 1. The number of hydrogen-bond donors (Lipinski definition) is 2. The minimum atomic E-state index is -0.639. The van der Waals surface area contributed by atoms with Gasteiger partial charge in [0.25, 0.3) is 0 Å². The second-order valence-electron chi connectivity index (χ2n) is 7.28. The van der Waals surface area contributed by atoms with Crippen LogP contribution < -0.4 is 5.32 Å². The molecule has 1 amide bonds. The summed E-state index contributed by atoms with van der Waals surface area (Å²) in [4.78, 5) is 14.6. The van der Waals surface area contributed by atoms with Crippen LogP contribution in [0, 0.1) is 5.82 Å². The van der Waals surface area contributed by atoms with Gasteiger partial charge in [-0.25, -0.2) is 4.39 Å². The number of β-amino-alcohol motifs (C(OH)–C–C–N with tert-alkyl or cyclic N) is 1. The predicted octanol–water partition coefficient (Wildman–Crippen LogP) is 2.30. The van der Waals surface area contributed by atoms with Gasteiger partial charge < -0.3 is 10.4 Å². The van der Waals surface area contributed by atoms with Gasteiger partial charge in [0.2, 0.25) is 5.91 Å². The summed E-state index contributed by atoms with van der Waals surface area (Å²) in [5.74, 6) is -0.547. The molecule has 0 spiro atoms. The number of hydrogen-bond acceptors (Lipinski definition) is 3. The number of halogens is 1. The lowest BCUT2D eigenvalue weighted by atomic mass is 10.00. The Balaban J connectivity index is 1.28. The van der Waals surface area contributed by atoms with Gasteiger partial charge in [-0.2, -0.15) is 0 Å². The fourth-order valence-electron chi connectivity index (χ4n) is 3.87. The van der Waals surface area contributed by atoms with Crippen molar-refractivity contribution in [3.8, 4) is 0 Å². The van der Waals surface area contributed by atoms with Crippen molar-refractivity contribution in [2.75, 3.05) is 19.6 Å². The van der Waals surface area contributed by atoms with Gasteiger partial charge >= 0.3 is 0 Å². The van der Waals surface area contributed by atoms with E-state index >= 15 is 0 Å². The van der Waals surface area contributed by atoms with Gasteiger partial charge in [0.1, 0.15) is 5.82 Å². The van der Waals surface area contributed by atoms with Crippen molar-refractivity contribution in [2.24, 2.45) is 0 Å². The van der Waals surface area contributed by atoms with E-state index in [2.05, 4.69) is 28.4 Å². The second-order valence-corrected chi connectivity index (χ2v) is 7.28. The number of benzene rings is 2. The zero-order chi connectivity index (χ0) is 18.8. The van der Waals surface area contributed by atoms with Crippen LogP contribution in [0.5, 0.6) is 0 Å². The number of fused-ring (bicyclic) bond motifs is 2. The summed E-state index contributed by atoms with van der Waals surface area (Å²) in [5, 5.41) is 13.1. The summed E-state index contributed by atoms with van der Waals surface area (Å²) in [6.45, 7) is 2.43. The van der Waals surface area contributed by atoms with Crippen LogP contribution in [0.1, 0.15) is 22.3 Å². The maximum Gasteiger partial charge on any atom is 0.247 e. The molecule has 1 aliphatic carbocycles. The second kappa shape index (κ2) is 7.62. The molecule has 140 valence electrons. The Hall–Kier alpha value is -2.50. The molecule has 4 rings (SSSR count). The highest BCUT2D eigenvalue weighted by molar-refractivity contribution is 6.00. The lowest BCUT2D eigenvalue weighted by Crippen LogP contribution is -2.42. The molecular formula is C22H23FN2O2. The van der Waals surface area contributed by atoms with Gasteiger partial charge in [-0.3, -0.25) is 9.69 Å². The van der Waals surface area contributed by atoms with E-state index in [4.69, 9.17) is 0 Å². The van der Waals surface area contributed by atoms with Crippen LogP contribution in [-0.2, 0) is 24.2 Å². The Kier molecular flexibility index (Phi) is 5.05. The maximum absolute atomic E-state index is 13.8. The molecule has 0 bridgehead atoms. The monoisotopic (exact) mass is 366 g/mol. The third-order valence-electron chi connectivity index (χ3n) is 5.31. The molecule has 0 aromatic heterocycles. The normalized spacial score (nSPS) is 17.0. The highest BCUT2D eigenvalue weighted by atomic mass is 19.1. The molecule has 27 heavy (non-hydrogen) atoms. The molecule has 1 aliphatic heterocycles. The molecule has 4 nitrogen and oxygen atoms in total. The van der Waals surface area contributed by atoms with E-state index < -0.39 is 6.10 Å². The van der Waals surface area contributed by atoms with E-state index in [0.29, 0.717) is 24.1 Å². The molecule has 2 N–H and O–H groups in total. The van der Waals surface area contributed by atoms with Gasteiger partial charge in [-0.1, -0.05) is 36.4 Å². The van der Waals surface area contributed by atoms with E-state index in [1.807, 2.05) is 12.1 Å². The number of rotatable bonds is 5. The maximum atomic E-state index is 13.8. The minimum Gasteiger partial charge on any atom is -0.390 e. The van der Waals surface area contributed by atoms with Crippen molar-refractivity contribution in [3.05, 3.63) is 76.1 Å². The van der Waals surface area contributed by atoms with Crippen molar-refractivity contribution in [1.29, 1.82) is 0 Å². The predicted molar refractivity (Wildman–Crippen MR) is 103 cm³/mol. The van der Waals surface area contributed by atoms with Crippen LogP contribution >= 0.6 is 0 Å². The first-order valence-corrected chi connectivity index (χ1v) is 9.33. The summed E-state index contributed by atoms with van der Waals surface area (Å²) in [7, 11) is 0. The van der Waals surface area contributed by atoms with Crippen molar-refractivity contribution >= 4 is 12.0 Å². The first kappa shape index (κ1) is 17.9. The average molecular weight is 366 g/mol. The Morgan fingerprint density at radius 1 is 1.15 bits per heavy atom. The number of aliphatic hydroxyl groups is 1. The molecule has 2 aromatic rings. The highest BCUT2D eigenvalue weighted by Crippen LogP contribution is 2.27. The number of carbonyl (C=O) groups excluding carboxylic acids is 1. The Labute approximate surface area is 158 Å². The first-order valence-electron chi connectivity index (χ1n) is 9.33. The SMILES string of the molecule is O=C(NC[C@H](O)CN1CCc2ccccc2C1)C1=Cc2c(F)cccc2C1. The van der Waals surface area contributed by atoms with Crippen LogP contribution in [0.2, 0.25) is 0 Å². The van der Waals surface area contributed by atoms with Gasteiger partial charge in [0, 0.05) is 43.7 Å². The van der Waals surface area contributed by atoms with Gasteiger partial charge in [0.05, 0.1) is 6.10 Å². The summed E-state index contributed by atoms with van der Waals surface area (Å²) in [6, 6.07) is 13.3.